The van der Waals surface area contributed by atoms with Crippen LogP contribution in [0.1, 0.15) is 68.6 Å². The van der Waals surface area contributed by atoms with E-state index in [1.807, 2.05) is 12.1 Å². The number of hydrogen-bond donors (Lipinski definition) is 1. The van der Waals surface area contributed by atoms with Gasteiger partial charge < -0.3 is 15.0 Å². The molecule has 0 radical (unpaired) electrons. The van der Waals surface area contributed by atoms with Crippen LogP contribution in [0.4, 0.5) is 0 Å². The molecule has 0 atom stereocenters. The molecule has 2 fully saturated rings. The molecule has 2 aliphatic rings. The molecule has 0 saturated heterocycles. The summed E-state index contributed by atoms with van der Waals surface area (Å²) in [4.78, 5) is 4.80. The van der Waals surface area contributed by atoms with E-state index >= 15 is 0 Å². The first-order chi connectivity index (χ1) is 11.7. The number of rotatable bonds is 4. The summed E-state index contributed by atoms with van der Waals surface area (Å²) in [5, 5.41) is 4.28. The van der Waals surface area contributed by atoms with Gasteiger partial charge in [0.2, 0.25) is 5.89 Å². The second-order valence-corrected chi connectivity index (χ2v) is 7.30. The van der Waals surface area contributed by atoms with E-state index < -0.39 is 5.54 Å². The van der Waals surface area contributed by atoms with Crippen LogP contribution in [-0.4, -0.2) is 17.3 Å². The number of hydrogen-bond acceptors (Lipinski definition) is 5. The summed E-state index contributed by atoms with van der Waals surface area (Å²) >= 11 is 0. The molecule has 0 unspecified atom stereocenters. The van der Waals surface area contributed by atoms with Crippen LogP contribution in [0, 0.1) is 0 Å². The van der Waals surface area contributed by atoms with E-state index in [4.69, 9.17) is 20.0 Å². The Labute approximate surface area is 154 Å². The fourth-order valence-electron chi connectivity index (χ4n) is 4.36. The van der Waals surface area contributed by atoms with Crippen LogP contribution in [0.15, 0.2) is 28.8 Å². The molecule has 2 N–H and O–H groups in total. The molecule has 2 saturated carbocycles. The molecule has 25 heavy (non-hydrogen) atoms. The van der Waals surface area contributed by atoms with Crippen molar-refractivity contribution in [1.82, 2.24) is 10.1 Å². The van der Waals surface area contributed by atoms with Gasteiger partial charge in [-0.05, 0) is 43.4 Å². The Morgan fingerprint density at radius 3 is 2.20 bits per heavy atom. The summed E-state index contributed by atoms with van der Waals surface area (Å²) in [6, 6.07) is 8.27. The Morgan fingerprint density at radius 2 is 1.60 bits per heavy atom. The number of benzene rings is 1. The lowest BCUT2D eigenvalue weighted by molar-refractivity contribution is 0.302. The average Bonchev–Trinajstić information content (AvgIpc) is 3.35. The minimum Gasteiger partial charge on any atom is -0.497 e. The first kappa shape index (κ1) is 18.2. The number of nitrogens with zero attached hydrogens (tertiary/aromatic N) is 2. The zero-order chi connectivity index (χ0) is 16.6. The number of methoxy groups -OCH3 is 1. The van der Waals surface area contributed by atoms with Gasteiger partial charge in [0.05, 0.1) is 18.1 Å². The molecular formula is C19H26ClN3O2. The van der Waals surface area contributed by atoms with Gasteiger partial charge in [0.25, 0.3) is 0 Å². The molecule has 0 spiro atoms. The van der Waals surface area contributed by atoms with Gasteiger partial charge in [0.1, 0.15) is 5.75 Å². The summed E-state index contributed by atoms with van der Waals surface area (Å²) < 4.78 is 11.1. The number of ether oxygens (including phenoxy) is 1. The Hall–Kier alpha value is -1.59. The lowest BCUT2D eigenvalue weighted by Gasteiger charge is -2.25. The van der Waals surface area contributed by atoms with Gasteiger partial charge in [-0.15, -0.1) is 12.4 Å². The molecule has 136 valence electrons. The van der Waals surface area contributed by atoms with Crippen molar-refractivity contribution >= 4 is 12.4 Å². The zero-order valence-electron chi connectivity index (χ0n) is 14.7. The van der Waals surface area contributed by atoms with Crippen LogP contribution in [0.25, 0.3) is 0 Å². The fourth-order valence-corrected chi connectivity index (χ4v) is 4.36. The van der Waals surface area contributed by atoms with E-state index in [2.05, 4.69) is 17.3 Å². The van der Waals surface area contributed by atoms with Gasteiger partial charge in [0, 0.05) is 0 Å². The molecule has 0 bridgehead atoms. The third kappa shape index (κ3) is 3.04. The molecular weight excluding hydrogens is 338 g/mol. The molecule has 2 aliphatic carbocycles. The van der Waals surface area contributed by atoms with Crippen LogP contribution in [0.2, 0.25) is 0 Å². The summed E-state index contributed by atoms with van der Waals surface area (Å²) in [6.45, 7) is 0. The standard InChI is InChI=1S/C19H25N3O2.ClH/c1-23-15-8-6-14(7-9-15)18(10-2-3-11-18)17-21-16(22-24-17)19(20)12-4-5-13-19;/h6-9H,2-5,10-13,20H2,1H3;1H. The monoisotopic (exact) mass is 363 g/mol. The van der Waals surface area contributed by atoms with Crippen molar-refractivity contribution in [1.29, 1.82) is 0 Å². The third-order valence-corrected chi connectivity index (χ3v) is 5.88. The molecule has 4 rings (SSSR count). The van der Waals surface area contributed by atoms with E-state index in [0.29, 0.717) is 5.82 Å². The second-order valence-electron chi connectivity index (χ2n) is 7.30. The lowest BCUT2D eigenvalue weighted by Crippen LogP contribution is -2.34. The first-order valence-electron chi connectivity index (χ1n) is 8.94. The van der Waals surface area contributed by atoms with Crippen LogP contribution in [0.5, 0.6) is 5.75 Å². The number of aromatic nitrogens is 2. The Bertz CT molecular complexity index is 702. The fraction of sp³-hybridized carbons (Fsp3) is 0.579. The molecule has 0 aliphatic heterocycles. The average molecular weight is 364 g/mol. The van der Waals surface area contributed by atoms with Gasteiger partial charge in [-0.2, -0.15) is 4.98 Å². The normalized spacial score (nSPS) is 21.0. The van der Waals surface area contributed by atoms with Crippen molar-refractivity contribution < 1.29 is 9.26 Å². The summed E-state index contributed by atoms with van der Waals surface area (Å²) in [5.74, 6) is 2.29. The van der Waals surface area contributed by atoms with Gasteiger partial charge in [0.15, 0.2) is 5.82 Å². The first-order valence-corrected chi connectivity index (χ1v) is 8.94. The van der Waals surface area contributed by atoms with Crippen molar-refractivity contribution in [2.45, 2.75) is 62.3 Å². The van der Waals surface area contributed by atoms with E-state index in [9.17, 15) is 0 Å². The smallest absolute Gasteiger partial charge is 0.237 e. The van der Waals surface area contributed by atoms with E-state index in [1.165, 1.54) is 18.4 Å². The third-order valence-electron chi connectivity index (χ3n) is 5.88. The highest BCUT2D eigenvalue weighted by atomic mass is 35.5. The summed E-state index contributed by atoms with van der Waals surface area (Å²) in [5.41, 5.74) is 7.17. The zero-order valence-corrected chi connectivity index (χ0v) is 15.5. The molecule has 0 amide bonds. The van der Waals surface area contributed by atoms with Gasteiger partial charge in [-0.1, -0.05) is 43.0 Å². The SMILES string of the molecule is COc1ccc(C2(c3nc(C4(N)CCCC4)no3)CCCC2)cc1.Cl. The van der Waals surface area contributed by atoms with Crippen molar-refractivity contribution in [2.75, 3.05) is 7.11 Å². The predicted octanol–water partition coefficient (Wildman–Crippen LogP) is 4.09. The minimum absolute atomic E-state index is 0. The Morgan fingerprint density at radius 1 is 1.00 bits per heavy atom. The second kappa shape index (κ2) is 6.96. The van der Waals surface area contributed by atoms with E-state index in [1.54, 1.807) is 7.11 Å². The topological polar surface area (TPSA) is 74.2 Å². The van der Waals surface area contributed by atoms with Crippen LogP contribution in [-0.2, 0) is 11.0 Å². The maximum Gasteiger partial charge on any atom is 0.237 e. The predicted molar refractivity (Wildman–Crippen MR) is 98.1 cm³/mol. The van der Waals surface area contributed by atoms with Crippen LogP contribution in [0.3, 0.4) is 0 Å². The van der Waals surface area contributed by atoms with E-state index in [-0.39, 0.29) is 17.8 Å². The lowest BCUT2D eigenvalue weighted by atomic mass is 9.78. The van der Waals surface area contributed by atoms with Gasteiger partial charge >= 0.3 is 0 Å². The largest absolute Gasteiger partial charge is 0.497 e. The highest BCUT2D eigenvalue weighted by Gasteiger charge is 2.44. The molecule has 1 aromatic carbocycles. The van der Waals surface area contributed by atoms with Gasteiger partial charge in [-0.3, -0.25) is 0 Å². The van der Waals surface area contributed by atoms with Crippen molar-refractivity contribution in [3.63, 3.8) is 0 Å². The minimum atomic E-state index is -0.401. The highest BCUT2D eigenvalue weighted by Crippen LogP contribution is 2.46. The number of nitrogens with two attached hydrogens (primary N) is 1. The van der Waals surface area contributed by atoms with E-state index in [0.717, 1.165) is 50.2 Å². The number of halogens is 1. The van der Waals surface area contributed by atoms with Gasteiger partial charge in [-0.25, -0.2) is 0 Å². The van der Waals surface area contributed by atoms with Crippen molar-refractivity contribution in [3.05, 3.63) is 41.5 Å². The maximum atomic E-state index is 6.51. The van der Waals surface area contributed by atoms with Crippen molar-refractivity contribution in [2.24, 2.45) is 5.73 Å². The highest BCUT2D eigenvalue weighted by molar-refractivity contribution is 5.85. The Balaban J connectivity index is 0.00000182. The molecule has 1 aromatic heterocycles. The molecule has 2 aromatic rings. The maximum absolute atomic E-state index is 6.51. The summed E-state index contributed by atoms with van der Waals surface area (Å²) in [6.07, 6.45) is 8.61. The molecule has 1 heterocycles. The molecule has 6 heteroatoms. The summed E-state index contributed by atoms with van der Waals surface area (Å²) in [7, 11) is 1.69. The van der Waals surface area contributed by atoms with Crippen LogP contribution < -0.4 is 10.5 Å². The quantitative estimate of drug-likeness (QED) is 0.885. The van der Waals surface area contributed by atoms with Crippen molar-refractivity contribution in [3.8, 4) is 5.75 Å². The Kier molecular flexibility index (Phi) is 5.07. The molecule has 5 nitrogen and oxygen atoms in total. The van der Waals surface area contributed by atoms with Crippen LogP contribution >= 0.6 is 12.4 Å².